The molecule has 1 atom stereocenters. The van der Waals surface area contributed by atoms with Crippen LogP contribution >= 0.6 is 11.8 Å². The molecular weight excluding hydrogens is 242 g/mol. The largest absolute Gasteiger partial charge is 0.374 e. The number of rotatable bonds is 6. The Kier molecular flexibility index (Phi) is 5.54. The first-order chi connectivity index (χ1) is 8.74. The molecule has 2 nitrogen and oxygen atoms in total. The Labute approximate surface area is 114 Å². The average Bonchev–Trinajstić information content (AvgIpc) is 2.87. The van der Waals surface area contributed by atoms with Gasteiger partial charge in [-0.1, -0.05) is 24.3 Å². The van der Waals surface area contributed by atoms with E-state index >= 15 is 0 Å². The number of thioether (sulfide) groups is 1. The van der Waals surface area contributed by atoms with Crippen LogP contribution in [0.25, 0.3) is 0 Å². The monoisotopic (exact) mass is 265 g/mol. The third kappa shape index (κ3) is 4.63. The van der Waals surface area contributed by atoms with Gasteiger partial charge in [0.2, 0.25) is 0 Å². The maximum Gasteiger partial charge on any atom is 0.0720 e. The Morgan fingerprint density at radius 1 is 1.39 bits per heavy atom. The van der Waals surface area contributed by atoms with Crippen LogP contribution in [0.1, 0.15) is 31.4 Å². The van der Waals surface area contributed by atoms with Gasteiger partial charge in [0.1, 0.15) is 0 Å². The fourth-order valence-electron chi connectivity index (χ4n) is 2.05. The summed E-state index contributed by atoms with van der Waals surface area (Å²) in [6.07, 6.45) is 1.60. The molecule has 1 N–H and O–H groups in total. The van der Waals surface area contributed by atoms with E-state index in [4.69, 9.17) is 4.74 Å². The third-order valence-electron chi connectivity index (χ3n) is 3.10. The van der Waals surface area contributed by atoms with Crippen molar-refractivity contribution >= 4 is 11.8 Å². The predicted molar refractivity (Wildman–Crippen MR) is 78.9 cm³/mol. The van der Waals surface area contributed by atoms with Gasteiger partial charge in [-0.05, 0) is 37.1 Å². The standard InChI is InChI=1S/C15H23NOS/c1-12(2)17-10-14-5-3-4-13(8-14)9-16-15-6-7-18-11-15/h3-5,8,12,15-16H,6-7,9-11H2,1-2H3. The van der Waals surface area contributed by atoms with Gasteiger partial charge in [0.05, 0.1) is 12.7 Å². The van der Waals surface area contributed by atoms with E-state index in [1.165, 1.54) is 29.1 Å². The zero-order valence-corrected chi connectivity index (χ0v) is 12.1. The summed E-state index contributed by atoms with van der Waals surface area (Å²) in [6.45, 7) is 5.83. The maximum absolute atomic E-state index is 5.64. The highest BCUT2D eigenvalue weighted by molar-refractivity contribution is 7.99. The van der Waals surface area contributed by atoms with E-state index in [1.54, 1.807) is 0 Å². The van der Waals surface area contributed by atoms with Crippen LogP contribution in [0.5, 0.6) is 0 Å². The molecule has 1 fully saturated rings. The summed E-state index contributed by atoms with van der Waals surface area (Å²) in [6, 6.07) is 9.40. The summed E-state index contributed by atoms with van der Waals surface area (Å²) in [5, 5.41) is 3.63. The van der Waals surface area contributed by atoms with E-state index in [0.717, 1.165) is 6.54 Å². The van der Waals surface area contributed by atoms with Gasteiger partial charge in [-0.3, -0.25) is 0 Å². The van der Waals surface area contributed by atoms with E-state index in [0.29, 0.717) is 18.8 Å². The van der Waals surface area contributed by atoms with Gasteiger partial charge in [-0.15, -0.1) is 0 Å². The summed E-state index contributed by atoms with van der Waals surface area (Å²) >= 11 is 2.05. The molecule has 0 amide bonds. The molecule has 1 unspecified atom stereocenters. The van der Waals surface area contributed by atoms with Crippen molar-refractivity contribution in [2.24, 2.45) is 0 Å². The molecule has 0 bridgehead atoms. The van der Waals surface area contributed by atoms with Crippen LogP contribution < -0.4 is 5.32 Å². The van der Waals surface area contributed by atoms with Gasteiger partial charge in [-0.2, -0.15) is 11.8 Å². The molecule has 1 aliphatic heterocycles. The molecule has 18 heavy (non-hydrogen) atoms. The van der Waals surface area contributed by atoms with Gasteiger partial charge in [0.25, 0.3) is 0 Å². The van der Waals surface area contributed by atoms with Crippen LogP contribution in [0.3, 0.4) is 0 Å². The fourth-order valence-corrected chi connectivity index (χ4v) is 3.24. The lowest BCUT2D eigenvalue weighted by atomic mass is 10.1. The van der Waals surface area contributed by atoms with Crippen molar-refractivity contribution in [2.75, 3.05) is 11.5 Å². The van der Waals surface area contributed by atoms with Crippen LogP contribution in [0.15, 0.2) is 24.3 Å². The van der Waals surface area contributed by atoms with E-state index in [2.05, 4.69) is 43.4 Å². The minimum atomic E-state index is 0.294. The van der Waals surface area contributed by atoms with E-state index in [9.17, 15) is 0 Å². The Balaban J connectivity index is 1.82. The maximum atomic E-state index is 5.64. The van der Waals surface area contributed by atoms with Gasteiger partial charge in [0, 0.05) is 18.3 Å². The second-order valence-electron chi connectivity index (χ2n) is 5.12. The topological polar surface area (TPSA) is 21.3 Å². The molecule has 1 saturated heterocycles. The molecule has 100 valence electrons. The quantitative estimate of drug-likeness (QED) is 0.853. The number of hydrogen-bond donors (Lipinski definition) is 1. The second kappa shape index (κ2) is 7.17. The lowest BCUT2D eigenvalue weighted by molar-refractivity contribution is 0.0657. The van der Waals surface area contributed by atoms with Gasteiger partial charge in [-0.25, -0.2) is 0 Å². The van der Waals surface area contributed by atoms with E-state index in [-0.39, 0.29) is 0 Å². The number of hydrogen-bond acceptors (Lipinski definition) is 3. The summed E-state index contributed by atoms with van der Waals surface area (Å²) in [5.41, 5.74) is 2.63. The van der Waals surface area contributed by atoms with Crippen LogP contribution in [0.4, 0.5) is 0 Å². The smallest absolute Gasteiger partial charge is 0.0720 e. The van der Waals surface area contributed by atoms with Gasteiger partial charge < -0.3 is 10.1 Å². The average molecular weight is 265 g/mol. The molecule has 0 aliphatic carbocycles. The molecule has 1 aromatic rings. The lowest BCUT2D eigenvalue weighted by Crippen LogP contribution is -2.27. The van der Waals surface area contributed by atoms with Gasteiger partial charge in [0.15, 0.2) is 0 Å². The summed E-state index contributed by atoms with van der Waals surface area (Å²) in [7, 11) is 0. The van der Waals surface area contributed by atoms with Crippen molar-refractivity contribution in [1.29, 1.82) is 0 Å². The van der Waals surface area contributed by atoms with Crippen molar-refractivity contribution in [3.63, 3.8) is 0 Å². The molecule has 0 spiro atoms. The van der Waals surface area contributed by atoms with Crippen molar-refractivity contribution in [2.45, 2.75) is 45.6 Å². The summed E-state index contributed by atoms with van der Waals surface area (Å²) in [5.74, 6) is 2.57. The third-order valence-corrected chi connectivity index (χ3v) is 4.26. The molecule has 0 radical (unpaired) electrons. The first-order valence-electron chi connectivity index (χ1n) is 6.74. The molecule has 0 saturated carbocycles. The molecule has 1 aliphatic rings. The van der Waals surface area contributed by atoms with Crippen molar-refractivity contribution in [1.82, 2.24) is 5.32 Å². The summed E-state index contributed by atoms with van der Waals surface area (Å²) in [4.78, 5) is 0. The van der Waals surface area contributed by atoms with Crippen molar-refractivity contribution in [3.8, 4) is 0 Å². The van der Waals surface area contributed by atoms with Crippen LogP contribution in [0, 0.1) is 0 Å². The highest BCUT2D eigenvalue weighted by Crippen LogP contribution is 2.17. The van der Waals surface area contributed by atoms with E-state index in [1.807, 2.05) is 11.8 Å². The highest BCUT2D eigenvalue weighted by atomic mass is 32.2. The lowest BCUT2D eigenvalue weighted by Gasteiger charge is -2.12. The second-order valence-corrected chi connectivity index (χ2v) is 6.27. The molecule has 2 rings (SSSR count). The molecule has 1 aromatic carbocycles. The minimum absolute atomic E-state index is 0.294. The normalized spacial score (nSPS) is 19.6. The first-order valence-corrected chi connectivity index (χ1v) is 7.90. The minimum Gasteiger partial charge on any atom is -0.374 e. The zero-order chi connectivity index (χ0) is 12.8. The Morgan fingerprint density at radius 3 is 2.94 bits per heavy atom. The first kappa shape index (κ1) is 13.9. The van der Waals surface area contributed by atoms with Crippen LogP contribution in [-0.4, -0.2) is 23.7 Å². The zero-order valence-electron chi connectivity index (χ0n) is 11.3. The predicted octanol–water partition coefficient (Wildman–Crippen LogP) is 3.21. The Bertz CT molecular complexity index is 361. The number of benzene rings is 1. The fraction of sp³-hybridized carbons (Fsp3) is 0.600. The highest BCUT2D eigenvalue weighted by Gasteiger charge is 2.14. The molecule has 3 heteroatoms. The van der Waals surface area contributed by atoms with Crippen LogP contribution in [-0.2, 0) is 17.9 Å². The number of ether oxygens (including phenoxy) is 1. The van der Waals surface area contributed by atoms with Crippen molar-refractivity contribution in [3.05, 3.63) is 35.4 Å². The van der Waals surface area contributed by atoms with Crippen molar-refractivity contribution < 1.29 is 4.74 Å². The Morgan fingerprint density at radius 2 is 2.22 bits per heavy atom. The SMILES string of the molecule is CC(C)OCc1cccc(CNC2CCSC2)c1. The van der Waals surface area contributed by atoms with E-state index < -0.39 is 0 Å². The molecule has 1 heterocycles. The van der Waals surface area contributed by atoms with Gasteiger partial charge >= 0.3 is 0 Å². The summed E-state index contributed by atoms with van der Waals surface area (Å²) < 4.78 is 5.64. The number of nitrogens with one attached hydrogen (secondary N) is 1. The molecular formula is C15H23NOS. The van der Waals surface area contributed by atoms with Crippen LogP contribution in [0.2, 0.25) is 0 Å². The Hall–Kier alpha value is -0.510. The molecule has 0 aromatic heterocycles.